The van der Waals surface area contributed by atoms with E-state index < -0.39 is 6.10 Å². The van der Waals surface area contributed by atoms with Crippen LogP contribution in [0.4, 0.5) is 11.4 Å². The highest BCUT2D eigenvalue weighted by Crippen LogP contribution is 2.38. The monoisotopic (exact) mass is 396 g/mol. The maximum atomic E-state index is 12.8. The van der Waals surface area contributed by atoms with Gasteiger partial charge < -0.3 is 19.5 Å². The number of hydrogen-bond donors (Lipinski definition) is 1. The largest absolute Gasteiger partial charge is 0.492 e. The van der Waals surface area contributed by atoms with Crippen molar-refractivity contribution >= 4 is 23.2 Å². The molecular weight excluding hydrogens is 372 g/mol. The number of nitrogens with one attached hydrogen (secondary N) is 1. The molecule has 152 valence electrons. The molecule has 2 atom stereocenters. The molecule has 1 N–H and O–H groups in total. The van der Waals surface area contributed by atoms with Gasteiger partial charge in [0.2, 0.25) is 5.91 Å². The van der Waals surface area contributed by atoms with E-state index in [-0.39, 0.29) is 24.5 Å². The third-order valence-corrected chi connectivity index (χ3v) is 4.95. The standard InChI is InChI=1S/C22H24N2O5/c1-4-27-20-10-15-9-13(2)28-19(15)11-16(20)23-21(25)12-24-17-7-5-6-8-18(17)29-14(3)22(24)26/h5-8,10-11,13-14H,4,9,12H2,1-3H3,(H,23,25)/t13-,14-/m1/s1. The van der Waals surface area contributed by atoms with Gasteiger partial charge in [0.25, 0.3) is 5.91 Å². The molecule has 2 aromatic rings. The average Bonchev–Trinajstić information content (AvgIpc) is 3.04. The average molecular weight is 396 g/mol. The van der Waals surface area contributed by atoms with E-state index >= 15 is 0 Å². The summed E-state index contributed by atoms with van der Waals surface area (Å²) in [5, 5.41) is 2.87. The summed E-state index contributed by atoms with van der Waals surface area (Å²) in [5.74, 6) is 1.35. The molecule has 0 saturated carbocycles. The predicted molar refractivity (Wildman–Crippen MR) is 109 cm³/mol. The topological polar surface area (TPSA) is 77.1 Å². The Bertz CT molecular complexity index is 958. The lowest BCUT2D eigenvalue weighted by molar-refractivity contribution is -0.127. The van der Waals surface area contributed by atoms with Gasteiger partial charge in [-0.05, 0) is 39.0 Å². The highest BCUT2D eigenvalue weighted by atomic mass is 16.5. The van der Waals surface area contributed by atoms with E-state index in [9.17, 15) is 9.59 Å². The van der Waals surface area contributed by atoms with Gasteiger partial charge in [0.1, 0.15) is 29.9 Å². The van der Waals surface area contributed by atoms with Crippen LogP contribution in [-0.4, -0.2) is 37.2 Å². The normalized spacial score (nSPS) is 19.7. The van der Waals surface area contributed by atoms with Crippen LogP contribution in [0.2, 0.25) is 0 Å². The third kappa shape index (κ3) is 3.72. The summed E-state index contributed by atoms with van der Waals surface area (Å²) in [6.07, 6.45) is 0.251. The molecule has 2 heterocycles. The fourth-order valence-corrected chi connectivity index (χ4v) is 3.67. The Morgan fingerprint density at radius 3 is 2.79 bits per heavy atom. The second-order valence-corrected chi connectivity index (χ2v) is 7.22. The minimum absolute atomic E-state index is 0.0920. The lowest BCUT2D eigenvalue weighted by Gasteiger charge is -2.32. The van der Waals surface area contributed by atoms with Crippen molar-refractivity contribution in [2.24, 2.45) is 0 Å². The summed E-state index contributed by atoms with van der Waals surface area (Å²) < 4.78 is 17.1. The Kier molecular flexibility index (Phi) is 5.05. The molecule has 7 nitrogen and oxygen atoms in total. The van der Waals surface area contributed by atoms with Crippen molar-refractivity contribution in [1.82, 2.24) is 0 Å². The summed E-state index contributed by atoms with van der Waals surface area (Å²) in [4.78, 5) is 26.9. The number of carbonyl (C=O) groups excluding carboxylic acids is 2. The number of fused-ring (bicyclic) bond motifs is 2. The van der Waals surface area contributed by atoms with Crippen molar-refractivity contribution in [1.29, 1.82) is 0 Å². The lowest BCUT2D eigenvalue weighted by Crippen LogP contribution is -2.47. The quantitative estimate of drug-likeness (QED) is 0.840. The number of ether oxygens (including phenoxy) is 3. The Morgan fingerprint density at radius 2 is 2.00 bits per heavy atom. The number of amides is 2. The zero-order valence-electron chi connectivity index (χ0n) is 16.7. The van der Waals surface area contributed by atoms with Crippen LogP contribution in [0.25, 0.3) is 0 Å². The molecule has 2 amide bonds. The fourth-order valence-electron chi connectivity index (χ4n) is 3.67. The van der Waals surface area contributed by atoms with Crippen LogP contribution in [0.3, 0.4) is 0 Å². The molecule has 0 spiro atoms. The molecule has 0 saturated heterocycles. The van der Waals surface area contributed by atoms with Crippen LogP contribution < -0.4 is 24.4 Å². The number of nitrogens with zero attached hydrogens (tertiary/aromatic N) is 1. The molecule has 29 heavy (non-hydrogen) atoms. The third-order valence-electron chi connectivity index (χ3n) is 4.95. The van der Waals surface area contributed by atoms with Gasteiger partial charge in [-0.1, -0.05) is 12.1 Å². The molecule has 2 aliphatic heterocycles. The number of hydrogen-bond acceptors (Lipinski definition) is 5. The molecule has 0 radical (unpaired) electrons. The van der Waals surface area contributed by atoms with Crippen LogP contribution in [0.5, 0.6) is 17.2 Å². The molecule has 0 bridgehead atoms. The number of anilines is 2. The Morgan fingerprint density at radius 1 is 1.21 bits per heavy atom. The summed E-state index contributed by atoms with van der Waals surface area (Å²) >= 11 is 0. The van der Waals surface area contributed by atoms with E-state index in [1.807, 2.05) is 32.0 Å². The zero-order chi connectivity index (χ0) is 20.5. The van der Waals surface area contributed by atoms with Crippen LogP contribution in [0.1, 0.15) is 26.3 Å². The summed E-state index contributed by atoms with van der Waals surface area (Å²) in [6, 6.07) is 10.9. The molecule has 4 rings (SSSR count). The first-order chi connectivity index (χ1) is 14.0. The van der Waals surface area contributed by atoms with Gasteiger partial charge in [0.05, 0.1) is 18.0 Å². The van der Waals surface area contributed by atoms with Gasteiger partial charge in [-0.2, -0.15) is 0 Å². The van der Waals surface area contributed by atoms with Crippen LogP contribution in [0.15, 0.2) is 36.4 Å². The highest BCUT2D eigenvalue weighted by molar-refractivity contribution is 6.06. The minimum Gasteiger partial charge on any atom is -0.492 e. The SMILES string of the molecule is CCOc1cc2c(cc1NC(=O)CN1C(=O)[C@@H](C)Oc3ccccc31)O[C@H](C)C2. The summed E-state index contributed by atoms with van der Waals surface area (Å²) in [5.41, 5.74) is 2.18. The molecule has 0 unspecified atom stereocenters. The minimum atomic E-state index is -0.647. The first-order valence-corrected chi connectivity index (χ1v) is 9.79. The number of rotatable bonds is 5. The van der Waals surface area contributed by atoms with E-state index in [1.165, 1.54) is 4.90 Å². The van der Waals surface area contributed by atoms with E-state index in [0.29, 0.717) is 29.5 Å². The zero-order valence-corrected chi connectivity index (χ0v) is 16.7. The molecule has 2 aliphatic rings. The number of carbonyl (C=O) groups is 2. The number of para-hydroxylation sites is 2. The molecule has 0 aliphatic carbocycles. The van der Waals surface area contributed by atoms with Crippen molar-refractivity contribution in [3.63, 3.8) is 0 Å². The van der Waals surface area contributed by atoms with E-state index in [1.54, 1.807) is 25.1 Å². The number of benzene rings is 2. The van der Waals surface area contributed by atoms with E-state index in [4.69, 9.17) is 14.2 Å². The van der Waals surface area contributed by atoms with Gasteiger partial charge in [-0.15, -0.1) is 0 Å². The van der Waals surface area contributed by atoms with Crippen molar-refractivity contribution in [3.05, 3.63) is 42.0 Å². The summed E-state index contributed by atoms with van der Waals surface area (Å²) in [6.45, 7) is 5.92. The van der Waals surface area contributed by atoms with E-state index in [0.717, 1.165) is 17.7 Å². The van der Waals surface area contributed by atoms with Crippen molar-refractivity contribution in [2.75, 3.05) is 23.4 Å². The van der Waals surface area contributed by atoms with Crippen molar-refractivity contribution in [3.8, 4) is 17.2 Å². The van der Waals surface area contributed by atoms with Gasteiger partial charge in [0.15, 0.2) is 6.10 Å². The highest BCUT2D eigenvalue weighted by Gasteiger charge is 2.32. The fraction of sp³-hybridized carbons (Fsp3) is 0.364. The molecule has 2 aromatic carbocycles. The first-order valence-electron chi connectivity index (χ1n) is 9.79. The molecular formula is C22H24N2O5. The second-order valence-electron chi connectivity index (χ2n) is 7.22. The molecule has 0 aromatic heterocycles. The maximum absolute atomic E-state index is 12.8. The van der Waals surface area contributed by atoms with Crippen molar-refractivity contribution in [2.45, 2.75) is 39.4 Å². The van der Waals surface area contributed by atoms with Crippen molar-refractivity contribution < 1.29 is 23.8 Å². The first kappa shape index (κ1) is 19.1. The maximum Gasteiger partial charge on any atom is 0.268 e. The van der Waals surface area contributed by atoms with Crippen LogP contribution in [0, 0.1) is 0 Å². The molecule has 7 heteroatoms. The van der Waals surface area contributed by atoms with E-state index in [2.05, 4.69) is 5.32 Å². The second kappa shape index (κ2) is 7.66. The molecule has 0 fully saturated rings. The smallest absolute Gasteiger partial charge is 0.268 e. The Labute approximate surface area is 169 Å². The Hall–Kier alpha value is -3.22. The lowest BCUT2D eigenvalue weighted by atomic mass is 10.1. The van der Waals surface area contributed by atoms with Gasteiger partial charge >= 0.3 is 0 Å². The van der Waals surface area contributed by atoms with Gasteiger partial charge in [0, 0.05) is 18.1 Å². The van der Waals surface area contributed by atoms with Crippen LogP contribution >= 0.6 is 0 Å². The van der Waals surface area contributed by atoms with Gasteiger partial charge in [-0.25, -0.2) is 0 Å². The summed E-state index contributed by atoms with van der Waals surface area (Å²) in [7, 11) is 0. The van der Waals surface area contributed by atoms with Crippen LogP contribution in [-0.2, 0) is 16.0 Å². The predicted octanol–water partition coefficient (Wildman–Crippen LogP) is 3.16. The van der Waals surface area contributed by atoms with Gasteiger partial charge in [-0.3, -0.25) is 14.5 Å². The Balaban J connectivity index is 1.56.